The van der Waals surface area contributed by atoms with E-state index in [0.717, 1.165) is 23.6 Å². The van der Waals surface area contributed by atoms with Gasteiger partial charge in [-0.05, 0) is 6.42 Å². The van der Waals surface area contributed by atoms with E-state index in [0.29, 0.717) is 12.4 Å². The van der Waals surface area contributed by atoms with E-state index in [1.165, 1.54) is 6.33 Å². The summed E-state index contributed by atoms with van der Waals surface area (Å²) in [6, 6.07) is 0. The van der Waals surface area contributed by atoms with Crippen molar-refractivity contribution >= 4 is 11.6 Å². The summed E-state index contributed by atoms with van der Waals surface area (Å²) < 4.78 is 1.99. The molecule has 6 nitrogen and oxygen atoms in total. The molecule has 0 unspecified atom stereocenters. The van der Waals surface area contributed by atoms with Crippen LogP contribution in [0.4, 0.5) is 11.6 Å². The van der Waals surface area contributed by atoms with Gasteiger partial charge in [-0.15, -0.1) is 0 Å². The van der Waals surface area contributed by atoms with Gasteiger partial charge in [-0.1, -0.05) is 6.92 Å². The van der Waals surface area contributed by atoms with E-state index in [-0.39, 0.29) is 0 Å². The Morgan fingerprint density at radius 1 is 1.33 bits per heavy atom. The molecule has 2 aromatic heterocycles. The van der Waals surface area contributed by atoms with Crippen molar-refractivity contribution < 1.29 is 0 Å². The third kappa shape index (κ3) is 2.27. The van der Waals surface area contributed by atoms with Crippen molar-refractivity contribution in [2.24, 2.45) is 7.05 Å². The number of nitrogens with zero attached hydrogens (tertiary/aromatic N) is 5. The van der Waals surface area contributed by atoms with E-state index in [2.05, 4.69) is 15.0 Å². The SMILES string of the molecule is CCc1c(N)ncnc1N(C)Cc1nccn1C. The van der Waals surface area contributed by atoms with Crippen molar-refractivity contribution in [2.75, 3.05) is 17.7 Å². The van der Waals surface area contributed by atoms with Gasteiger partial charge in [0.15, 0.2) is 0 Å². The molecule has 2 N–H and O–H groups in total. The van der Waals surface area contributed by atoms with Crippen LogP contribution in [0.5, 0.6) is 0 Å². The number of hydrogen-bond acceptors (Lipinski definition) is 5. The smallest absolute Gasteiger partial charge is 0.137 e. The highest BCUT2D eigenvalue weighted by Gasteiger charge is 2.13. The van der Waals surface area contributed by atoms with Gasteiger partial charge in [0.25, 0.3) is 0 Å². The molecule has 0 aliphatic carbocycles. The standard InChI is InChI=1S/C12H18N6/c1-4-9-11(13)15-8-16-12(9)18(3)7-10-14-5-6-17(10)2/h5-6,8H,4,7H2,1-3H3,(H2,13,15,16). The normalized spacial score (nSPS) is 10.6. The predicted molar refractivity (Wildman–Crippen MR) is 71.1 cm³/mol. The van der Waals surface area contributed by atoms with Crippen LogP contribution in [0.2, 0.25) is 0 Å². The fourth-order valence-electron chi connectivity index (χ4n) is 1.92. The molecule has 96 valence electrons. The molecule has 0 saturated heterocycles. The number of nitrogens with two attached hydrogens (primary N) is 1. The monoisotopic (exact) mass is 246 g/mol. The lowest BCUT2D eigenvalue weighted by molar-refractivity contribution is 0.751. The van der Waals surface area contributed by atoms with Crippen molar-refractivity contribution in [3.05, 3.63) is 30.1 Å². The first-order valence-corrected chi connectivity index (χ1v) is 5.90. The molecule has 0 saturated carbocycles. The molecule has 0 spiro atoms. The Kier molecular flexibility index (Phi) is 3.45. The van der Waals surface area contributed by atoms with E-state index < -0.39 is 0 Å². The molecule has 0 aromatic carbocycles. The first kappa shape index (κ1) is 12.3. The van der Waals surface area contributed by atoms with Gasteiger partial charge in [0.1, 0.15) is 23.8 Å². The van der Waals surface area contributed by atoms with Gasteiger partial charge in [-0.25, -0.2) is 15.0 Å². The maximum Gasteiger partial charge on any atom is 0.137 e. The third-order valence-corrected chi connectivity index (χ3v) is 2.97. The lowest BCUT2D eigenvalue weighted by Gasteiger charge is -2.20. The molecule has 0 fully saturated rings. The quantitative estimate of drug-likeness (QED) is 0.871. The number of rotatable bonds is 4. The minimum absolute atomic E-state index is 0.550. The van der Waals surface area contributed by atoms with Crippen LogP contribution in [0.1, 0.15) is 18.3 Å². The van der Waals surface area contributed by atoms with Crippen molar-refractivity contribution in [3.8, 4) is 0 Å². The number of imidazole rings is 1. The largest absolute Gasteiger partial charge is 0.383 e. The summed E-state index contributed by atoms with van der Waals surface area (Å²) >= 11 is 0. The maximum atomic E-state index is 5.87. The molecular weight excluding hydrogens is 228 g/mol. The summed E-state index contributed by atoms with van der Waals surface area (Å²) in [6.45, 7) is 2.74. The molecular formula is C12H18N6. The minimum atomic E-state index is 0.550. The minimum Gasteiger partial charge on any atom is -0.383 e. The number of nitrogen functional groups attached to an aromatic ring is 1. The van der Waals surface area contributed by atoms with Gasteiger partial charge in [0.05, 0.1) is 6.54 Å². The number of aryl methyl sites for hydroxylation is 1. The van der Waals surface area contributed by atoms with Crippen LogP contribution in [-0.4, -0.2) is 26.6 Å². The molecule has 2 heterocycles. The summed E-state index contributed by atoms with van der Waals surface area (Å²) in [7, 11) is 3.96. The first-order chi connectivity index (χ1) is 8.63. The lowest BCUT2D eigenvalue weighted by Crippen LogP contribution is -2.22. The highest BCUT2D eigenvalue weighted by molar-refractivity contribution is 5.56. The van der Waals surface area contributed by atoms with Crippen LogP contribution in [0.15, 0.2) is 18.7 Å². The zero-order valence-corrected chi connectivity index (χ0v) is 11.0. The van der Waals surface area contributed by atoms with E-state index in [1.807, 2.05) is 36.7 Å². The molecule has 2 rings (SSSR count). The van der Waals surface area contributed by atoms with Gasteiger partial charge in [0, 0.05) is 32.1 Å². The van der Waals surface area contributed by atoms with Crippen molar-refractivity contribution in [2.45, 2.75) is 19.9 Å². The second-order valence-electron chi connectivity index (χ2n) is 4.23. The van der Waals surface area contributed by atoms with Crippen LogP contribution in [0, 0.1) is 0 Å². The van der Waals surface area contributed by atoms with Crippen LogP contribution < -0.4 is 10.6 Å². The van der Waals surface area contributed by atoms with E-state index in [9.17, 15) is 0 Å². The van der Waals surface area contributed by atoms with Crippen molar-refractivity contribution in [1.82, 2.24) is 19.5 Å². The van der Waals surface area contributed by atoms with Gasteiger partial charge in [0.2, 0.25) is 0 Å². The lowest BCUT2D eigenvalue weighted by atomic mass is 10.2. The second-order valence-corrected chi connectivity index (χ2v) is 4.23. The third-order valence-electron chi connectivity index (χ3n) is 2.97. The molecule has 18 heavy (non-hydrogen) atoms. The summed E-state index contributed by atoms with van der Waals surface area (Å²) in [5, 5.41) is 0. The summed E-state index contributed by atoms with van der Waals surface area (Å²) in [5.41, 5.74) is 6.86. The number of anilines is 2. The summed E-state index contributed by atoms with van der Waals surface area (Å²) in [5.74, 6) is 2.40. The summed E-state index contributed by atoms with van der Waals surface area (Å²) in [4.78, 5) is 14.7. The Hall–Kier alpha value is -2.11. The highest BCUT2D eigenvalue weighted by Crippen LogP contribution is 2.21. The van der Waals surface area contributed by atoms with Crippen LogP contribution in [0.3, 0.4) is 0 Å². The average Bonchev–Trinajstić information content (AvgIpc) is 2.74. The van der Waals surface area contributed by atoms with Gasteiger partial charge in [-0.3, -0.25) is 0 Å². The molecule has 0 bridgehead atoms. The van der Waals surface area contributed by atoms with Crippen molar-refractivity contribution in [1.29, 1.82) is 0 Å². The molecule has 0 radical (unpaired) electrons. The van der Waals surface area contributed by atoms with E-state index in [4.69, 9.17) is 5.73 Å². The second kappa shape index (κ2) is 5.03. The molecule has 6 heteroatoms. The van der Waals surface area contributed by atoms with Crippen molar-refractivity contribution in [3.63, 3.8) is 0 Å². The van der Waals surface area contributed by atoms with E-state index in [1.54, 1.807) is 6.20 Å². The van der Waals surface area contributed by atoms with Crippen LogP contribution in [0.25, 0.3) is 0 Å². The first-order valence-electron chi connectivity index (χ1n) is 5.90. The average molecular weight is 246 g/mol. The fraction of sp³-hybridized carbons (Fsp3) is 0.417. The van der Waals surface area contributed by atoms with Gasteiger partial charge >= 0.3 is 0 Å². The van der Waals surface area contributed by atoms with E-state index >= 15 is 0 Å². The molecule has 0 aliphatic heterocycles. The Bertz CT molecular complexity index is 533. The van der Waals surface area contributed by atoms with Gasteiger partial charge in [-0.2, -0.15) is 0 Å². The maximum absolute atomic E-state index is 5.87. The Morgan fingerprint density at radius 3 is 2.72 bits per heavy atom. The van der Waals surface area contributed by atoms with Crippen LogP contribution >= 0.6 is 0 Å². The topological polar surface area (TPSA) is 72.9 Å². The number of hydrogen-bond donors (Lipinski definition) is 1. The Balaban J connectivity index is 2.26. The molecule has 2 aromatic rings. The number of aromatic nitrogens is 4. The van der Waals surface area contributed by atoms with Crippen LogP contribution in [-0.2, 0) is 20.0 Å². The summed E-state index contributed by atoms with van der Waals surface area (Å²) in [6.07, 6.45) is 6.03. The fourth-order valence-corrected chi connectivity index (χ4v) is 1.92. The Labute approximate surface area is 106 Å². The zero-order chi connectivity index (χ0) is 13.1. The molecule has 0 aliphatic rings. The zero-order valence-electron chi connectivity index (χ0n) is 11.0. The highest BCUT2D eigenvalue weighted by atomic mass is 15.2. The predicted octanol–water partition coefficient (Wildman–Crippen LogP) is 0.991. The van der Waals surface area contributed by atoms with Gasteiger partial charge < -0.3 is 15.2 Å². The Morgan fingerprint density at radius 2 is 2.11 bits per heavy atom. The molecule has 0 amide bonds. The molecule has 0 atom stereocenters.